The van der Waals surface area contributed by atoms with Gasteiger partial charge in [-0.3, -0.25) is 4.90 Å². The molecule has 0 saturated carbocycles. The molecule has 3 heterocycles. The van der Waals surface area contributed by atoms with Crippen LogP contribution < -0.4 is 0 Å². The minimum absolute atomic E-state index is 0.148. The Hall–Kier alpha value is -1.17. The van der Waals surface area contributed by atoms with Crippen molar-refractivity contribution in [2.45, 2.75) is 31.9 Å². The fourth-order valence-corrected chi connectivity index (χ4v) is 3.01. The quantitative estimate of drug-likeness (QED) is 0.814. The molecule has 114 valence electrons. The van der Waals surface area contributed by atoms with E-state index in [1.54, 1.807) is 6.20 Å². The van der Waals surface area contributed by atoms with Gasteiger partial charge in [-0.15, -0.1) is 11.6 Å². The molecule has 0 amide bonds. The van der Waals surface area contributed by atoms with Crippen LogP contribution in [0.5, 0.6) is 0 Å². The van der Waals surface area contributed by atoms with Gasteiger partial charge in [-0.05, 0) is 25.6 Å². The number of hydrogen-bond donors (Lipinski definition) is 0. The molecule has 0 bridgehead atoms. The zero-order valence-electron chi connectivity index (χ0n) is 12.5. The summed E-state index contributed by atoms with van der Waals surface area (Å²) >= 11 is 6.29. The molecule has 1 fully saturated rings. The van der Waals surface area contributed by atoms with Crippen LogP contribution in [0.25, 0.3) is 11.2 Å². The van der Waals surface area contributed by atoms with Crippen LogP contribution >= 0.6 is 11.6 Å². The van der Waals surface area contributed by atoms with E-state index in [4.69, 9.17) is 16.3 Å². The van der Waals surface area contributed by atoms with E-state index in [1.807, 2.05) is 19.1 Å². The number of morpholine rings is 1. The first kappa shape index (κ1) is 14.8. The number of halogens is 1. The van der Waals surface area contributed by atoms with E-state index in [0.717, 1.165) is 49.8 Å². The van der Waals surface area contributed by atoms with Gasteiger partial charge in [0.25, 0.3) is 0 Å². The second-order valence-corrected chi connectivity index (χ2v) is 6.08. The van der Waals surface area contributed by atoms with E-state index in [2.05, 4.69) is 26.4 Å². The normalized spacial score (nSPS) is 21.8. The molecule has 0 aliphatic carbocycles. The van der Waals surface area contributed by atoms with Crippen molar-refractivity contribution in [3.05, 3.63) is 24.2 Å². The summed E-state index contributed by atoms with van der Waals surface area (Å²) < 4.78 is 8.01. The number of nitrogens with zero attached hydrogens (tertiary/aromatic N) is 4. The third-order valence-corrected chi connectivity index (χ3v) is 4.14. The number of likely N-dealkylation sites (N-methyl/N-ethyl adjacent to an activating group) is 1. The van der Waals surface area contributed by atoms with Crippen molar-refractivity contribution in [3.8, 4) is 0 Å². The number of ether oxygens (including phenoxy) is 1. The van der Waals surface area contributed by atoms with Crippen molar-refractivity contribution in [1.29, 1.82) is 0 Å². The highest BCUT2D eigenvalue weighted by Crippen LogP contribution is 2.24. The smallest absolute Gasteiger partial charge is 0.160 e. The lowest BCUT2D eigenvalue weighted by atomic mass is 10.2. The molecular formula is C15H21ClN4O. The Kier molecular flexibility index (Phi) is 4.42. The summed E-state index contributed by atoms with van der Waals surface area (Å²) in [5, 5.41) is -0.148. The Morgan fingerprint density at radius 3 is 3.14 bits per heavy atom. The SMILES string of the molecule is CCN1CCOC(Cn2c(C(C)Cl)nc3cccnc32)C1. The highest BCUT2D eigenvalue weighted by Gasteiger charge is 2.23. The summed E-state index contributed by atoms with van der Waals surface area (Å²) in [6, 6.07) is 3.87. The number of imidazole rings is 1. The first-order valence-corrected chi connectivity index (χ1v) is 7.92. The van der Waals surface area contributed by atoms with Gasteiger partial charge in [-0.25, -0.2) is 9.97 Å². The third-order valence-electron chi connectivity index (χ3n) is 3.95. The van der Waals surface area contributed by atoms with Gasteiger partial charge in [0.2, 0.25) is 0 Å². The summed E-state index contributed by atoms with van der Waals surface area (Å²) in [5.74, 6) is 0.864. The van der Waals surface area contributed by atoms with Crippen LogP contribution in [0.1, 0.15) is 25.0 Å². The topological polar surface area (TPSA) is 43.2 Å². The summed E-state index contributed by atoms with van der Waals surface area (Å²) in [5.41, 5.74) is 1.78. The van der Waals surface area contributed by atoms with Crippen molar-refractivity contribution in [1.82, 2.24) is 19.4 Å². The molecule has 0 spiro atoms. The minimum atomic E-state index is -0.148. The number of aromatic nitrogens is 3. The first-order valence-electron chi connectivity index (χ1n) is 7.48. The summed E-state index contributed by atoms with van der Waals surface area (Å²) in [7, 11) is 0. The predicted octanol–water partition coefficient (Wildman–Crippen LogP) is 2.45. The molecule has 2 aromatic rings. The van der Waals surface area contributed by atoms with Crippen molar-refractivity contribution in [2.24, 2.45) is 0 Å². The number of pyridine rings is 1. The average molecular weight is 309 g/mol. The molecule has 6 heteroatoms. The van der Waals surface area contributed by atoms with Gasteiger partial charge in [0.15, 0.2) is 5.65 Å². The second kappa shape index (κ2) is 6.30. The van der Waals surface area contributed by atoms with E-state index in [9.17, 15) is 0 Å². The Bertz CT molecular complexity index is 613. The van der Waals surface area contributed by atoms with Crippen LogP contribution in [0.15, 0.2) is 18.3 Å². The van der Waals surface area contributed by atoms with Gasteiger partial charge in [0.1, 0.15) is 11.3 Å². The summed E-state index contributed by atoms with van der Waals surface area (Å²) in [4.78, 5) is 11.5. The minimum Gasteiger partial charge on any atom is -0.374 e. The molecule has 1 aliphatic heterocycles. The lowest BCUT2D eigenvalue weighted by Gasteiger charge is -2.32. The fourth-order valence-electron chi connectivity index (χ4n) is 2.84. The average Bonchev–Trinajstić information content (AvgIpc) is 2.87. The van der Waals surface area contributed by atoms with Crippen LogP contribution in [0.4, 0.5) is 0 Å². The number of alkyl halides is 1. The molecule has 21 heavy (non-hydrogen) atoms. The molecule has 0 radical (unpaired) electrons. The van der Waals surface area contributed by atoms with Gasteiger partial charge < -0.3 is 9.30 Å². The fraction of sp³-hybridized carbons (Fsp3) is 0.600. The number of hydrogen-bond acceptors (Lipinski definition) is 4. The van der Waals surface area contributed by atoms with Gasteiger partial charge in [-0.1, -0.05) is 6.92 Å². The highest BCUT2D eigenvalue weighted by molar-refractivity contribution is 6.20. The van der Waals surface area contributed by atoms with Gasteiger partial charge in [0.05, 0.1) is 24.6 Å². The molecule has 1 saturated heterocycles. The van der Waals surface area contributed by atoms with Gasteiger partial charge in [-0.2, -0.15) is 0 Å². The standard InChI is InChI=1S/C15H21ClN4O/c1-3-19-7-8-21-12(9-19)10-20-14(11(2)16)18-13-5-4-6-17-15(13)20/h4-6,11-12H,3,7-10H2,1-2H3. The molecule has 2 aromatic heterocycles. The maximum Gasteiger partial charge on any atom is 0.160 e. The van der Waals surface area contributed by atoms with E-state index < -0.39 is 0 Å². The molecule has 0 aromatic carbocycles. The highest BCUT2D eigenvalue weighted by atomic mass is 35.5. The van der Waals surface area contributed by atoms with Crippen molar-refractivity contribution in [3.63, 3.8) is 0 Å². The Balaban J connectivity index is 1.90. The maximum absolute atomic E-state index is 6.29. The molecule has 2 atom stereocenters. The second-order valence-electron chi connectivity index (χ2n) is 5.43. The molecule has 3 rings (SSSR count). The van der Waals surface area contributed by atoms with Gasteiger partial charge in [0, 0.05) is 19.3 Å². The Labute approximate surface area is 129 Å². The molecule has 0 N–H and O–H groups in total. The molecular weight excluding hydrogens is 288 g/mol. The lowest BCUT2D eigenvalue weighted by molar-refractivity contribution is -0.0341. The van der Waals surface area contributed by atoms with Crippen LogP contribution in [-0.2, 0) is 11.3 Å². The molecule has 2 unspecified atom stereocenters. The van der Waals surface area contributed by atoms with Crippen molar-refractivity contribution < 1.29 is 4.74 Å². The van der Waals surface area contributed by atoms with Gasteiger partial charge >= 0.3 is 0 Å². The largest absolute Gasteiger partial charge is 0.374 e. The predicted molar refractivity (Wildman–Crippen MR) is 83.7 cm³/mol. The van der Waals surface area contributed by atoms with Crippen molar-refractivity contribution in [2.75, 3.05) is 26.2 Å². The monoisotopic (exact) mass is 308 g/mol. The zero-order chi connectivity index (χ0) is 14.8. The first-order chi connectivity index (χ1) is 10.2. The van der Waals surface area contributed by atoms with Crippen LogP contribution in [-0.4, -0.2) is 51.8 Å². The maximum atomic E-state index is 6.29. The molecule has 1 aliphatic rings. The molecule has 5 nitrogen and oxygen atoms in total. The van der Waals surface area contributed by atoms with Crippen LogP contribution in [0.3, 0.4) is 0 Å². The Morgan fingerprint density at radius 2 is 2.38 bits per heavy atom. The third kappa shape index (κ3) is 3.05. The number of fused-ring (bicyclic) bond motifs is 1. The lowest BCUT2D eigenvalue weighted by Crippen LogP contribution is -2.44. The van der Waals surface area contributed by atoms with E-state index in [1.165, 1.54) is 0 Å². The summed E-state index contributed by atoms with van der Waals surface area (Å²) in [6.07, 6.45) is 1.95. The van der Waals surface area contributed by atoms with E-state index >= 15 is 0 Å². The van der Waals surface area contributed by atoms with Crippen LogP contribution in [0, 0.1) is 0 Å². The van der Waals surface area contributed by atoms with Crippen molar-refractivity contribution >= 4 is 22.8 Å². The Morgan fingerprint density at radius 1 is 1.52 bits per heavy atom. The number of rotatable bonds is 4. The van der Waals surface area contributed by atoms with E-state index in [0.29, 0.717) is 0 Å². The summed E-state index contributed by atoms with van der Waals surface area (Å²) in [6.45, 7) is 8.66. The van der Waals surface area contributed by atoms with Crippen LogP contribution in [0.2, 0.25) is 0 Å². The van der Waals surface area contributed by atoms with E-state index in [-0.39, 0.29) is 11.5 Å². The zero-order valence-corrected chi connectivity index (χ0v) is 13.3.